The van der Waals surface area contributed by atoms with Crippen LogP contribution < -0.4 is 9.47 Å². The molecular formula is C16H14N2O4S. The minimum absolute atomic E-state index is 0.153. The third-order valence-electron chi connectivity index (χ3n) is 3.49. The highest BCUT2D eigenvalue weighted by molar-refractivity contribution is 7.22. The summed E-state index contributed by atoms with van der Waals surface area (Å²) in [5.74, 6) is 0.573. The highest BCUT2D eigenvalue weighted by Gasteiger charge is 2.25. The molecule has 0 saturated carbocycles. The number of aromatic nitrogens is 1. The Bertz CT molecular complexity index is 887. The number of hydrogen-bond donors (Lipinski definition) is 0. The van der Waals surface area contributed by atoms with Crippen LogP contribution in [0.5, 0.6) is 11.5 Å². The molecule has 0 aliphatic rings. The molecule has 7 heteroatoms. The second-order valence-corrected chi connectivity index (χ2v) is 5.95. The van der Waals surface area contributed by atoms with Gasteiger partial charge in [0.1, 0.15) is 21.0 Å². The predicted octanol–water partition coefficient (Wildman–Crippen LogP) is 4.20. The number of thiazole rings is 1. The number of rotatable bonds is 4. The van der Waals surface area contributed by atoms with Crippen molar-refractivity contribution in [1.82, 2.24) is 4.98 Å². The largest absolute Gasteiger partial charge is 0.495 e. The summed E-state index contributed by atoms with van der Waals surface area (Å²) in [7, 11) is 2.88. The molecule has 2 aromatic carbocycles. The van der Waals surface area contributed by atoms with E-state index in [0.717, 1.165) is 20.8 Å². The van der Waals surface area contributed by atoms with Crippen LogP contribution in [0.3, 0.4) is 0 Å². The SMILES string of the molecule is COc1c([N+](=O)[O-])cc(OC)c2sc(-c3ccc(C)cc3)nc12. The summed E-state index contributed by atoms with van der Waals surface area (Å²) in [6.07, 6.45) is 0. The van der Waals surface area contributed by atoms with Gasteiger partial charge in [-0.2, -0.15) is 0 Å². The number of nitro groups is 1. The van der Waals surface area contributed by atoms with Gasteiger partial charge in [-0.1, -0.05) is 29.8 Å². The number of methoxy groups -OCH3 is 2. The molecule has 0 radical (unpaired) electrons. The fraction of sp³-hybridized carbons (Fsp3) is 0.188. The minimum atomic E-state index is -0.494. The van der Waals surface area contributed by atoms with E-state index in [4.69, 9.17) is 9.47 Å². The summed E-state index contributed by atoms with van der Waals surface area (Å²) in [5, 5.41) is 12.0. The van der Waals surface area contributed by atoms with Gasteiger partial charge in [0, 0.05) is 5.56 Å². The second-order valence-electron chi connectivity index (χ2n) is 4.95. The lowest BCUT2D eigenvalue weighted by Gasteiger charge is -2.05. The number of ether oxygens (including phenoxy) is 2. The summed E-state index contributed by atoms with van der Waals surface area (Å²) >= 11 is 1.42. The lowest BCUT2D eigenvalue weighted by atomic mass is 10.2. The van der Waals surface area contributed by atoms with Crippen LogP contribution in [0.15, 0.2) is 30.3 Å². The van der Waals surface area contributed by atoms with Crippen molar-refractivity contribution >= 4 is 27.2 Å². The van der Waals surface area contributed by atoms with Crippen molar-refractivity contribution in [2.24, 2.45) is 0 Å². The monoisotopic (exact) mass is 330 g/mol. The Kier molecular flexibility index (Phi) is 3.87. The molecule has 0 N–H and O–H groups in total. The smallest absolute Gasteiger partial charge is 0.317 e. The maximum atomic E-state index is 11.3. The van der Waals surface area contributed by atoms with Crippen molar-refractivity contribution < 1.29 is 14.4 Å². The number of hydrogen-bond acceptors (Lipinski definition) is 6. The fourth-order valence-corrected chi connectivity index (χ4v) is 3.39. The van der Waals surface area contributed by atoms with E-state index >= 15 is 0 Å². The van der Waals surface area contributed by atoms with Crippen LogP contribution in [0.25, 0.3) is 20.8 Å². The zero-order valence-corrected chi connectivity index (χ0v) is 13.6. The van der Waals surface area contributed by atoms with Crippen LogP contribution in [0.4, 0.5) is 5.69 Å². The molecule has 118 valence electrons. The summed E-state index contributed by atoms with van der Waals surface area (Å²) in [6.45, 7) is 2.01. The highest BCUT2D eigenvalue weighted by atomic mass is 32.1. The molecule has 0 amide bonds. The van der Waals surface area contributed by atoms with Crippen molar-refractivity contribution in [3.8, 4) is 22.1 Å². The molecule has 3 rings (SSSR count). The Morgan fingerprint density at radius 3 is 2.43 bits per heavy atom. The first-order valence-electron chi connectivity index (χ1n) is 6.82. The first-order chi connectivity index (χ1) is 11.0. The molecular weight excluding hydrogens is 316 g/mol. The Balaban J connectivity index is 2.29. The van der Waals surface area contributed by atoms with Gasteiger partial charge >= 0.3 is 5.69 Å². The van der Waals surface area contributed by atoms with Gasteiger partial charge in [-0.15, -0.1) is 11.3 Å². The molecule has 0 aliphatic carbocycles. The molecule has 0 saturated heterocycles. The molecule has 1 aromatic heterocycles. The minimum Gasteiger partial charge on any atom is -0.495 e. The molecule has 0 bridgehead atoms. The third-order valence-corrected chi connectivity index (χ3v) is 4.60. The Hall–Kier alpha value is -2.67. The maximum Gasteiger partial charge on any atom is 0.317 e. The highest BCUT2D eigenvalue weighted by Crippen LogP contribution is 2.45. The van der Waals surface area contributed by atoms with Gasteiger partial charge in [0.15, 0.2) is 0 Å². The molecule has 0 spiro atoms. The molecule has 1 heterocycles. The molecule has 0 atom stereocenters. The zero-order valence-electron chi connectivity index (χ0n) is 12.8. The standard InChI is InChI=1S/C16H14N2O4S/c1-9-4-6-10(7-5-9)16-17-13-14(22-3)11(18(19)20)8-12(21-2)15(13)23-16/h4-8H,1-3H3. The number of aryl methyl sites for hydroxylation is 1. The first-order valence-corrected chi connectivity index (χ1v) is 7.63. The van der Waals surface area contributed by atoms with E-state index in [1.807, 2.05) is 31.2 Å². The van der Waals surface area contributed by atoms with Crippen molar-refractivity contribution in [1.29, 1.82) is 0 Å². The first kappa shape index (κ1) is 15.2. The Labute approximate surface area is 136 Å². The van der Waals surface area contributed by atoms with E-state index in [1.54, 1.807) is 0 Å². The maximum absolute atomic E-state index is 11.3. The number of benzene rings is 2. The van der Waals surface area contributed by atoms with Crippen molar-refractivity contribution in [2.75, 3.05) is 14.2 Å². The number of nitrogens with zero attached hydrogens (tertiary/aromatic N) is 2. The molecule has 23 heavy (non-hydrogen) atoms. The molecule has 0 unspecified atom stereocenters. The van der Waals surface area contributed by atoms with Gasteiger partial charge in [0.25, 0.3) is 0 Å². The van der Waals surface area contributed by atoms with Gasteiger partial charge in [0.05, 0.1) is 25.2 Å². The van der Waals surface area contributed by atoms with Gasteiger partial charge in [-0.05, 0) is 6.92 Å². The van der Waals surface area contributed by atoms with Crippen LogP contribution in [0, 0.1) is 17.0 Å². The topological polar surface area (TPSA) is 74.5 Å². The fourth-order valence-electron chi connectivity index (χ4n) is 2.33. The third kappa shape index (κ3) is 2.59. The van der Waals surface area contributed by atoms with E-state index in [2.05, 4.69) is 4.98 Å². The van der Waals surface area contributed by atoms with E-state index < -0.39 is 4.92 Å². The Morgan fingerprint density at radius 1 is 1.17 bits per heavy atom. The van der Waals surface area contributed by atoms with E-state index in [9.17, 15) is 10.1 Å². The normalized spacial score (nSPS) is 10.7. The van der Waals surface area contributed by atoms with Crippen LogP contribution in [-0.2, 0) is 0 Å². The molecule has 0 fully saturated rings. The zero-order chi connectivity index (χ0) is 16.6. The second kappa shape index (κ2) is 5.85. The lowest BCUT2D eigenvalue weighted by molar-refractivity contribution is -0.385. The number of nitro benzene ring substituents is 1. The van der Waals surface area contributed by atoms with Crippen LogP contribution >= 0.6 is 11.3 Å². The van der Waals surface area contributed by atoms with Crippen LogP contribution in [-0.4, -0.2) is 24.1 Å². The Morgan fingerprint density at radius 2 is 1.87 bits per heavy atom. The summed E-state index contributed by atoms with van der Waals surface area (Å²) in [6, 6.07) is 9.32. The summed E-state index contributed by atoms with van der Waals surface area (Å²) < 4.78 is 11.3. The molecule has 3 aromatic rings. The van der Waals surface area contributed by atoms with Crippen molar-refractivity contribution in [3.05, 3.63) is 46.0 Å². The quantitative estimate of drug-likeness (QED) is 0.529. The molecule has 6 nitrogen and oxygen atoms in total. The molecule has 0 aliphatic heterocycles. The summed E-state index contributed by atoms with van der Waals surface area (Å²) in [4.78, 5) is 15.3. The lowest BCUT2D eigenvalue weighted by Crippen LogP contribution is -1.96. The summed E-state index contributed by atoms with van der Waals surface area (Å²) in [5.41, 5.74) is 2.39. The van der Waals surface area contributed by atoms with E-state index in [1.165, 1.54) is 31.6 Å². The average molecular weight is 330 g/mol. The van der Waals surface area contributed by atoms with Crippen LogP contribution in [0.2, 0.25) is 0 Å². The van der Waals surface area contributed by atoms with Gasteiger partial charge in [-0.25, -0.2) is 4.98 Å². The van der Waals surface area contributed by atoms with Crippen LogP contribution in [0.1, 0.15) is 5.56 Å². The predicted molar refractivity (Wildman–Crippen MR) is 89.6 cm³/mol. The van der Waals surface area contributed by atoms with Gasteiger partial charge < -0.3 is 9.47 Å². The van der Waals surface area contributed by atoms with Gasteiger partial charge in [-0.3, -0.25) is 10.1 Å². The van der Waals surface area contributed by atoms with E-state index in [0.29, 0.717) is 11.3 Å². The average Bonchev–Trinajstić information content (AvgIpc) is 2.98. The van der Waals surface area contributed by atoms with E-state index in [-0.39, 0.29) is 11.4 Å². The van der Waals surface area contributed by atoms with Crippen molar-refractivity contribution in [3.63, 3.8) is 0 Å². The number of fused-ring (bicyclic) bond motifs is 1. The van der Waals surface area contributed by atoms with Gasteiger partial charge in [0.2, 0.25) is 5.75 Å². The van der Waals surface area contributed by atoms with Crippen molar-refractivity contribution in [2.45, 2.75) is 6.92 Å².